The van der Waals surface area contributed by atoms with Crippen molar-refractivity contribution in [1.29, 1.82) is 0 Å². The smallest absolute Gasteiger partial charge is 0.300 e. The van der Waals surface area contributed by atoms with Gasteiger partial charge in [-0.25, -0.2) is 13.1 Å². The van der Waals surface area contributed by atoms with E-state index in [0.717, 1.165) is 10.9 Å². The molecule has 1 N–H and O–H groups in total. The summed E-state index contributed by atoms with van der Waals surface area (Å²) in [7, 11) is -3.92. The quantitative estimate of drug-likeness (QED) is 0.806. The van der Waals surface area contributed by atoms with Crippen LogP contribution in [0.25, 0.3) is 11.0 Å². The molecule has 22 heavy (non-hydrogen) atoms. The lowest BCUT2D eigenvalue weighted by molar-refractivity contribution is 0.0956. The zero-order valence-corrected chi connectivity index (χ0v) is 12.6. The highest BCUT2D eigenvalue weighted by atomic mass is 32.2. The largest absolute Gasteiger partial charge is 0.451 e. The number of para-hydroxylation sites is 1. The van der Waals surface area contributed by atoms with Gasteiger partial charge in [-0.3, -0.25) is 4.79 Å². The van der Waals surface area contributed by atoms with Crippen LogP contribution in [-0.4, -0.2) is 14.3 Å². The lowest BCUT2D eigenvalue weighted by atomic mass is 10.2. The van der Waals surface area contributed by atoms with E-state index in [-0.39, 0.29) is 10.7 Å². The molecule has 0 aliphatic carbocycles. The Balaban J connectivity index is 1.88. The van der Waals surface area contributed by atoms with Gasteiger partial charge >= 0.3 is 5.91 Å². The molecule has 1 heterocycles. The van der Waals surface area contributed by atoms with Crippen LogP contribution in [0.5, 0.6) is 0 Å². The highest BCUT2D eigenvalue weighted by Gasteiger charge is 2.21. The van der Waals surface area contributed by atoms with Crippen molar-refractivity contribution in [2.45, 2.75) is 11.8 Å². The molecule has 0 saturated heterocycles. The predicted molar refractivity (Wildman–Crippen MR) is 82.0 cm³/mol. The summed E-state index contributed by atoms with van der Waals surface area (Å²) in [4.78, 5) is 12.1. The van der Waals surface area contributed by atoms with Crippen molar-refractivity contribution in [2.75, 3.05) is 0 Å². The molecule has 5 nitrogen and oxygen atoms in total. The normalized spacial score (nSPS) is 11.5. The minimum atomic E-state index is -3.92. The van der Waals surface area contributed by atoms with Crippen molar-refractivity contribution in [3.63, 3.8) is 0 Å². The summed E-state index contributed by atoms with van der Waals surface area (Å²) in [5.41, 5.74) is 1.46. The molecule has 1 aromatic heterocycles. The van der Waals surface area contributed by atoms with Crippen LogP contribution in [0.3, 0.4) is 0 Å². The molecule has 3 rings (SSSR count). The minimum Gasteiger partial charge on any atom is -0.451 e. The van der Waals surface area contributed by atoms with Crippen molar-refractivity contribution in [1.82, 2.24) is 4.72 Å². The number of rotatable bonds is 3. The molecule has 0 fully saturated rings. The molecular weight excluding hydrogens is 302 g/mol. The fourth-order valence-electron chi connectivity index (χ4n) is 2.04. The summed E-state index contributed by atoms with van der Waals surface area (Å²) < 4.78 is 31.7. The van der Waals surface area contributed by atoms with E-state index in [1.807, 2.05) is 17.7 Å². The Morgan fingerprint density at radius 1 is 1.05 bits per heavy atom. The van der Waals surface area contributed by atoms with E-state index in [4.69, 9.17) is 4.42 Å². The average Bonchev–Trinajstić information content (AvgIpc) is 2.91. The number of carbonyl (C=O) groups is 1. The zero-order valence-electron chi connectivity index (χ0n) is 11.7. The van der Waals surface area contributed by atoms with E-state index < -0.39 is 15.9 Å². The van der Waals surface area contributed by atoms with E-state index in [1.165, 1.54) is 18.2 Å². The molecule has 6 heteroatoms. The maximum Gasteiger partial charge on any atom is 0.300 e. The number of amides is 1. The third-order valence-electron chi connectivity index (χ3n) is 3.21. The number of fused-ring (bicyclic) bond motifs is 1. The van der Waals surface area contributed by atoms with Gasteiger partial charge in [0.1, 0.15) is 5.58 Å². The number of carbonyl (C=O) groups excluding carboxylic acids is 1. The van der Waals surface area contributed by atoms with E-state index >= 15 is 0 Å². The van der Waals surface area contributed by atoms with Crippen LogP contribution >= 0.6 is 0 Å². The monoisotopic (exact) mass is 315 g/mol. The Morgan fingerprint density at radius 3 is 2.41 bits per heavy atom. The Morgan fingerprint density at radius 2 is 1.73 bits per heavy atom. The van der Waals surface area contributed by atoms with Crippen molar-refractivity contribution < 1.29 is 17.6 Å². The average molecular weight is 315 g/mol. The molecule has 0 saturated carbocycles. The van der Waals surface area contributed by atoms with E-state index in [9.17, 15) is 13.2 Å². The maximum absolute atomic E-state index is 12.2. The molecule has 0 bridgehead atoms. The first kappa shape index (κ1) is 14.3. The van der Waals surface area contributed by atoms with Crippen molar-refractivity contribution in [3.8, 4) is 0 Å². The number of benzene rings is 2. The van der Waals surface area contributed by atoms with Crippen LogP contribution in [0.15, 0.2) is 63.9 Å². The van der Waals surface area contributed by atoms with Crippen LogP contribution in [-0.2, 0) is 10.0 Å². The molecule has 2 aromatic carbocycles. The molecule has 112 valence electrons. The first-order valence-electron chi connectivity index (χ1n) is 6.58. The van der Waals surface area contributed by atoms with Gasteiger partial charge in [0.2, 0.25) is 0 Å². The number of sulfonamides is 1. The van der Waals surface area contributed by atoms with Gasteiger partial charge in [-0.1, -0.05) is 35.9 Å². The number of hydrogen-bond donors (Lipinski definition) is 1. The van der Waals surface area contributed by atoms with Crippen LogP contribution in [0.1, 0.15) is 16.1 Å². The third-order valence-corrected chi connectivity index (χ3v) is 4.55. The van der Waals surface area contributed by atoms with E-state index in [2.05, 4.69) is 0 Å². The fourth-order valence-corrected chi connectivity index (χ4v) is 3.00. The summed E-state index contributed by atoms with van der Waals surface area (Å²) in [6.45, 7) is 1.85. The van der Waals surface area contributed by atoms with Gasteiger partial charge in [-0.2, -0.15) is 0 Å². The predicted octanol–water partition coefficient (Wildman–Crippen LogP) is 2.86. The van der Waals surface area contributed by atoms with Crippen LogP contribution in [0.4, 0.5) is 0 Å². The number of aryl methyl sites for hydroxylation is 1. The number of hydrogen-bond acceptors (Lipinski definition) is 4. The molecule has 0 radical (unpaired) electrons. The standard InChI is InChI=1S/C16H13NO4S/c1-11-6-8-13(9-7-11)22(19,20)17-16(18)15-10-12-4-2-3-5-14(12)21-15/h2-10H,1H3,(H,17,18). The highest BCUT2D eigenvalue weighted by molar-refractivity contribution is 7.90. The highest BCUT2D eigenvalue weighted by Crippen LogP contribution is 2.19. The van der Waals surface area contributed by atoms with Gasteiger partial charge in [0.05, 0.1) is 4.90 Å². The minimum absolute atomic E-state index is 0.0301. The Kier molecular flexibility index (Phi) is 3.46. The molecule has 0 aliphatic rings. The van der Waals surface area contributed by atoms with Gasteiger partial charge < -0.3 is 4.42 Å². The molecule has 0 unspecified atom stereocenters. The summed E-state index contributed by atoms with van der Waals surface area (Å²) >= 11 is 0. The van der Waals surface area contributed by atoms with Crippen molar-refractivity contribution in [3.05, 3.63) is 65.9 Å². The SMILES string of the molecule is Cc1ccc(S(=O)(=O)NC(=O)c2cc3ccccc3o2)cc1. The Labute approximate surface area is 127 Å². The number of nitrogens with one attached hydrogen (secondary N) is 1. The summed E-state index contributed by atoms with van der Waals surface area (Å²) in [6.07, 6.45) is 0. The first-order chi connectivity index (χ1) is 10.5. The van der Waals surface area contributed by atoms with Gasteiger partial charge in [0, 0.05) is 5.39 Å². The van der Waals surface area contributed by atoms with Crippen LogP contribution < -0.4 is 4.72 Å². The van der Waals surface area contributed by atoms with Crippen LogP contribution in [0, 0.1) is 6.92 Å². The fraction of sp³-hybridized carbons (Fsp3) is 0.0625. The zero-order chi connectivity index (χ0) is 15.7. The number of furan rings is 1. The Hall–Kier alpha value is -2.60. The van der Waals surface area contributed by atoms with Crippen LogP contribution in [0.2, 0.25) is 0 Å². The molecule has 0 spiro atoms. The van der Waals surface area contributed by atoms with E-state index in [0.29, 0.717) is 5.58 Å². The molecular formula is C16H13NO4S. The van der Waals surface area contributed by atoms with Gasteiger partial charge in [-0.15, -0.1) is 0 Å². The van der Waals surface area contributed by atoms with Crippen molar-refractivity contribution in [2.24, 2.45) is 0 Å². The third kappa shape index (κ3) is 2.73. The molecule has 0 atom stereocenters. The molecule has 0 aliphatic heterocycles. The summed E-state index contributed by atoms with van der Waals surface area (Å²) in [5, 5.41) is 0.736. The van der Waals surface area contributed by atoms with E-state index in [1.54, 1.807) is 30.3 Å². The Bertz CT molecular complexity index is 907. The van der Waals surface area contributed by atoms with Gasteiger partial charge in [-0.05, 0) is 31.2 Å². The topological polar surface area (TPSA) is 76.4 Å². The summed E-state index contributed by atoms with van der Waals surface area (Å²) in [6, 6.07) is 14.8. The summed E-state index contributed by atoms with van der Waals surface area (Å²) in [5.74, 6) is -0.839. The lowest BCUT2D eigenvalue weighted by Crippen LogP contribution is -2.30. The lowest BCUT2D eigenvalue weighted by Gasteiger charge is -2.05. The molecule has 3 aromatic rings. The molecule has 1 amide bonds. The second kappa shape index (κ2) is 5.31. The van der Waals surface area contributed by atoms with Gasteiger partial charge in [0.15, 0.2) is 5.76 Å². The second-order valence-electron chi connectivity index (χ2n) is 4.90. The van der Waals surface area contributed by atoms with Gasteiger partial charge in [0.25, 0.3) is 10.0 Å². The first-order valence-corrected chi connectivity index (χ1v) is 8.06. The second-order valence-corrected chi connectivity index (χ2v) is 6.58. The maximum atomic E-state index is 12.2. The van der Waals surface area contributed by atoms with Crippen molar-refractivity contribution >= 4 is 26.9 Å².